The van der Waals surface area contributed by atoms with Crippen molar-refractivity contribution in [2.24, 2.45) is 0 Å². The zero-order valence-corrected chi connectivity index (χ0v) is 9.02. The lowest BCUT2D eigenvalue weighted by atomic mass is 10.2. The van der Waals surface area contributed by atoms with Crippen LogP contribution in [0.4, 0.5) is 0 Å². The van der Waals surface area contributed by atoms with Gasteiger partial charge < -0.3 is 9.15 Å². The van der Waals surface area contributed by atoms with E-state index in [1.807, 2.05) is 6.92 Å². The Labute approximate surface area is 91.2 Å². The van der Waals surface area contributed by atoms with E-state index >= 15 is 0 Å². The number of oxazole rings is 1. The first kappa shape index (κ1) is 10.5. The van der Waals surface area contributed by atoms with Gasteiger partial charge in [0.15, 0.2) is 5.58 Å². The van der Waals surface area contributed by atoms with Gasteiger partial charge >= 0.3 is 11.7 Å². The van der Waals surface area contributed by atoms with Crippen LogP contribution in [0.25, 0.3) is 11.1 Å². The van der Waals surface area contributed by atoms with Gasteiger partial charge in [0.25, 0.3) is 0 Å². The van der Waals surface area contributed by atoms with E-state index in [2.05, 4.69) is 4.74 Å². The number of benzene rings is 1. The van der Waals surface area contributed by atoms with Gasteiger partial charge in [0, 0.05) is 6.54 Å². The summed E-state index contributed by atoms with van der Waals surface area (Å²) in [5.74, 6) is -0.942. The SMILES string of the molecule is CCn1c(=O)oc2cccc(C(=O)OC)c21. The standard InChI is InChI=1S/C11H11NO4/c1-3-12-9-7(10(13)15-2)5-4-6-8(9)16-11(12)14/h4-6H,3H2,1-2H3. The summed E-state index contributed by atoms with van der Waals surface area (Å²) >= 11 is 0. The number of fused-ring (bicyclic) bond motifs is 1. The number of methoxy groups -OCH3 is 1. The average molecular weight is 221 g/mol. The summed E-state index contributed by atoms with van der Waals surface area (Å²) in [6.45, 7) is 2.25. The lowest BCUT2D eigenvalue weighted by molar-refractivity contribution is 0.0602. The molecular formula is C11H11NO4. The molecule has 84 valence electrons. The molecular weight excluding hydrogens is 210 g/mol. The van der Waals surface area contributed by atoms with Gasteiger partial charge in [-0.05, 0) is 19.1 Å². The second kappa shape index (κ2) is 3.84. The number of ether oxygens (including phenoxy) is 1. The Bertz CT molecular complexity index is 594. The second-order valence-corrected chi connectivity index (χ2v) is 3.26. The predicted molar refractivity (Wildman–Crippen MR) is 57.5 cm³/mol. The van der Waals surface area contributed by atoms with Crippen LogP contribution in [0.5, 0.6) is 0 Å². The van der Waals surface area contributed by atoms with E-state index < -0.39 is 11.7 Å². The molecule has 2 aromatic rings. The molecule has 0 radical (unpaired) electrons. The van der Waals surface area contributed by atoms with Crippen LogP contribution in [-0.2, 0) is 11.3 Å². The Hall–Kier alpha value is -2.04. The van der Waals surface area contributed by atoms with Crippen LogP contribution in [0.3, 0.4) is 0 Å². The van der Waals surface area contributed by atoms with Crippen LogP contribution in [0.1, 0.15) is 17.3 Å². The van der Waals surface area contributed by atoms with Crippen molar-refractivity contribution in [3.63, 3.8) is 0 Å². The fourth-order valence-electron chi connectivity index (χ4n) is 1.69. The van der Waals surface area contributed by atoms with Gasteiger partial charge in [-0.3, -0.25) is 4.57 Å². The summed E-state index contributed by atoms with van der Waals surface area (Å²) in [4.78, 5) is 23.0. The fraction of sp³-hybridized carbons (Fsp3) is 0.273. The molecule has 2 rings (SSSR count). The minimum absolute atomic E-state index is 0.340. The molecule has 0 aliphatic carbocycles. The first-order valence-electron chi connectivity index (χ1n) is 4.89. The number of hydrogen-bond acceptors (Lipinski definition) is 4. The summed E-state index contributed by atoms with van der Waals surface area (Å²) < 4.78 is 11.1. The second-order valence-electron chi connectivity index (χ2n) is 3.26. The highest BCUT2D eigenvalue weighted by molar-refractivity contribution is 6.01. The number of aromatic nitrogens is 1. The maximum Gasteiger partial charge on any atom is 0.419 e. The third-order valence-corrected chi connectivity index (χ3v) is 2.41. The van der Waals surface area contributed by atoms with E-state index in [-0.39, 0.29) is 0 Å². The molecule has 0 saturated heterocycles. The van der Waals surface area contributed by atoms with Crippen molar-refractivity contribution in [3.05, 3.63) is 34.3 Å². The molecule has 1 heterocycles. The molecule has 0 unspecified atom stereocenters. The van der Waals surface area contributed by atoms with Gasteiger partial charge in [-0.1, -0.05) is 6.07 Å². The number of esters is 1. The zero-order chi connectivity index (χ0) is 11.7. The van der Waals surface area contributed by atoms with Crippen LogP contribution in [0.15, 0.2) is 27.4 Å². The number of carbonyl (C=O) groups excluding carboxylic acids is 1. The number of para-hydroxylation sites is 1. The van der Waals surface area contributed by atoms with Crippen molar-refractivity contribution in [2.75, 3.05) is 7.11 Å². The number of hydrogen-bond donors (Lipinski definition) is 0. The number of carbonyl (C=O) groups is 1. The van der Waals surface area contributed by atoms with E-state index in [1.165, 1.54) is 11.7 Å². The lowest BCUT2D eigenvalue weighted by Crippen LogP contribution is -2.14. The summed E-state index contributed by atoms with van der Waals surface area (Å²) in [7, 11) is 1.30. The highest BCUT2D eigenvalue weighted by Gasteiger charge is 2.17. The third kappa shape index (κ3) is 1.41. The maximum atomic E-state index is 11.5. The number of aryl methyl sites for hydroxylation is 1. The molecule has 5 heteroatoms. The molecule has 0 aliphatic heterocycles. The molecule has 0 spiro atoms. The largest absolute Gasteiger partial charge is 0.465 e. The Morgan fingerprint density at radius 3 is 2.88 bits per heavy atom. The molecule has 1 aromatic heterocycles. The highest BCUT2D eigenvalue weighted by Crippen LogP contribution is 2.18. The van der Waals surface area contributed by atoms with Crippen molar-refractivity contribution in [1.29, 1.82) is 0 Å². The molecule has 0 aliphatic rings. The summed E-state index contributed by atoms with van der Waals surface area (Å²) in [5, 5.41) is 0. The minimum atomic E-state index is -0.478. The quantitative estimate of drug-likeness (QED) is 0.719. The van der Waals surface area contributed by atoms with Gasteiger partial charge in [-0.15, -0.1) is 0 Å². The lowest BCUT2D eigenvalue weighted by Gasteiger charge is -2.02. The van der Waals surface area contributed by atoms with Crippen molar-refractivity contribution < 1.29 is 13.9 Å². The van der Waals surface area contributed by atoms with Crippen molar-refractivity contribution >= 4 is 17.1 Å². The molecule has 0 N–H and O–H groups in total. The predicted octanol–water partition coefficient (Wildman–Crippen LogP) is 1.40. The Morgan fingerprint density at radius 1 is 1.50 bits per heavy atom. The summed E-state index contributed by atoms with van der Waals surface area (Å²) in [6, 6.07) is 4.90. The fourth-order valence-corrected chi connectivity index (χ4v) is 1.69. The normalized spacial score (nSPS) is 10.6. The summed E-state index contributed by atoms with van der Waals surface area (Å²) in [5.41, 5.74) is 1.23. The van der Waals surface area contributed by atoms with E-state index in [0.29, 0.717) is 23.2 Å². The van der Waals surface area contributed by atoms with Crippen molar-refractivity contribution in [3.8, 4) is 0 Å². The Kier molecular flexibility index (Phi) is 2.52. The van der Waals surface area contributed by atoms with Crippen LogP contribution in [0.2, 0.25) is 0 Å². The smallest absolute Gasteiger partial charge is 0.419 e. The van der Waals surface area contributed by atoms with Gasteiger partial charge in [-0.25, -0.2) is 9.59 Å². The van der Waals surface area contributed by atoms with Gasteiger partial charge in [-0.2, -0.15) is 0 Å². The molecule has 0 atom stereocenters. The molecule has 0 saturated carbocycles. The van der Waals surface area contributed by atoms with E-state index in [4.69, 9.17) is 4.42 Å². The highest BCUT2D eigenvalue weighted by atomic mass is 16.5. The van der Waals surface area contributed by atoms with Gasteiger partial charge in [0.2, 0.25) is 0 Å². The Morgan fingerprint density at radius 2 is 2.25 bits per heavy atom. The number of nitrogens with zero attached hydrogens (tertiary/aromatic N) is 1. The maximum absolute atomic E-state index is 11.5. The van der Waals surface area contributed by atoms with Gasteiger partial charge in [0.05, 0.1) is 12.7 Å². The third-order valence-electron chi connectivity index (χ3n) is 2.41. The van der Waals surface area contributed by atoms with Gasteiger partial charge in [0.1, 0.15) is 5.52 Å². The zero-order valence-electron chi connectivity index (χ0n) is 9.02. The van der Waals surface area contributed by atoms with E-state index in [0.717, 1.165) is 0 Å². The first-order valence-corrected chi connectivity index (χ1v) is 4.89. The minimum Gasteiger partial charge on any atom is -0.465 e. The molecule has 0 bridgehead atoms. The molecule has 1 aromatic carbocycles. The summed E-state index contributed by atoms with van der Waals surface area (Å²) in [6.07, 6.45) is 0. The van der Waals surface area contributed by atoms with Crippen molar-refractivity contribution in [1.82, 2.24) is 4.57 Å². The molecule has 0 amide bonds. The Balaban J connectivity index is 2.84. The van der Waals surface area contributed by atoms with Crippen LogP contribution >= 0.6 is 0 Å². The number of rotatable bonds is 2. The first-order chi connectivity index (χ1) is 7.69. The average Bonchev–Trinajstić information content (AvgIpc) is 2.63. The van der Waals surface area contributed by atoms with E-state index in [9.17, 15) is 9.59 Å². The molecule has 0 fully saturated rings. The molecule has 16 heavy (non-hydrogen) atoms. The molecule has 5 nitrogen and oxygen atoms in total. The monoisotopic (exact) mass is 221 g/mol. The van der Waals surface area contributed by atoms with Crippen LogP contribution < -0.4 is 5.76 Å². The van der Waals surface area contributed by atoms with Crippen molar-refractivity contribution in [2.45, 2.75) is 13.5 Å². The van der Waals surface area contributed by atoms with Crippen LogP contribution in [0, 0.1) is 0 Å². The topological polar surface area (TPSA) is 61.4 Å². The van der Waals surface area contributed by atoms with Crippen LogP contribution in [-0.4, -0.2) is 17.6 Å². The van der Waals surface area contributed by atoms with E-state index in [1.54, 1.807) is 18.2 Å².